The van der Waals surface area contributed by atoms with Gasteiger partial charge in [-0.05, 0) is 40.9 Å². The number of aromatic nitrogens is 3. The molecule has 4 nitrogen and oxygen atoms in total. The van der Waals surface area contributed by atoms with Crippen LogP contribution < -0.4 is 0 Å². The molecule has 3 heterocycles. The third-order valence-electron chi connectivity index (χ3n) is 3.03. The topological polar surface area (TPSA) is 50.9 Å². The van der Waals surface area contributed by atoms with Gasteiger partial charge in [0.05, 0.1) is 11.8 Å². The summed E-state index contributed by atoms with van der Waals surface area (Å²) in [6.45, 7) is 0.886. The van der Waals surface area contributed by atoms with E-state index in [9.17, 15) is 5.11 Å². The highest BCUT2D eigenvalue weighted by Crippen LogP contribution is 2.34. The molecule has 0 radical (unpaired) electrons. The van der Waals surface area contributed by atoms with Crippen LogP contribution in [-0.2, 0) is 6.54 Å². The fraction of sp³-hybridized carbons (Fsp3) is 0.333. The molecule has 0 saturated heterocycles. The van der Waals surface area contributed by atoms with Gasteiger partial charge in [0.1, 0.15) is 10.3 Å². The average Bonchev–Trinajstić information content (AvgIpc) is 2.69. The minimum atomic E-state index is -0.428. The largest absolute Gasteiger partial charge is 0.387 e. The Morgan fingerprint density at radius 3 is 3.06 bits per heavy atom. The molecule has 1 aliphatic rings. The van der Waals surface area contributed by atoms with Crippen molar-refractivity contribution < 1.29 is 5.11 Å². The van der Waals surface area contributed by atoms with Crippen molar-refractivity contribution in [2.45, 2.75) is 25.5 Å². The lowest BCUT2D eigenvalue weighted by atomic mass is 10.1. The smallest absolute Gasteiger partial charge is 0.160 e. The monoisotopic (exact) mass is 293 g/mol. The Kier molecular flexibility index (Phi) is 2.72. The molecule has 88 valence electrons. The van der Waals surface area contributed by atoms with Crippen molar-refractivity contribution >= 4 is 15.9 Å². The van der Waals surface area contributed by atoms with Crippen LogP contribution in [0.15, 0.2) is 29.0 Å². The van der Waals surface area contributed by atoms with Gasteiger partial charge in [0.2, 0.25) is 0 Å². The molecule has 1 N–H and O–H groups in total. The second-order valence-corrected chi connectivity index (χ2v) is 4.89. The van der Waals surface area contributed by atoms with Gasteiger partial charge in [-0.3, -0.25) is 4.98 Å². The third kappa shape index (κ3) is 1.79. The Balaban J connectivity index is 2.17. The van der Waals surface area contributed by atoms with Crippen LogP contribution in [0.25, 0.3) is 11.5 Å². The van der Waals surface area contributed by atoms with E-state index in [0.29, 0.717) is 0 Å². The van der Waals surface area contributed by atoms with Crippen molar-refractivity contribution in [2.75, 3.05) is 0 Å². The van der Waals surface area contributed by atoms with E-state index >= 15 is 0 Å². The molecule has 0 amide bonds. The quantitative estimate of drug-likeness (QED) is 0.879. The SMILES string of the molecule is OC1CCCn2c(-c3ccccn3)nc(Br)c21. The van der Waals surface area contributed by atoms with Gasteiger partial charge in [-0.2, -0.15) is 0 Å². The third-order valence-corrected chi connectivity index (χ3v) is 3.61. The van der Waals surface area contributed by atoms with Gasteiger partial charge in [-0.1, -0.05) is 6.07 Å². The summed E-state index contributed by atoms with van der Waals surface area (Å²) in [6, 6.07) is 5.76. The number of aliphatic hydroxyl groups is 1. The normalized spacial score (nSPS) is 19.1. The number of imidazole rings is 1. The number of nitrogens with zero attached hydrogens (tertiary/aromatic N) is 3. The Bertz CT molecular complexity index is 538. The highest BCUT2D eigenvalue weighted by atomic mass is 79.9. The molecule has 1 aliphatic heterocycles. The lowest BCUT2D eigenvalue weighted by Gasteiger charge is -2.21. The fourth-order valence-corrected chi connectivity index (χ4v) is 2.90. The van der Waals surface area contributed by atoms with Crippen LogP contribution >= 0.6 is 15.9 Å². The summed E-state index contributed by atoms with van der Waals surface area (Å²) >= 11 is 3.42. The Morgan fingerprint density at radius 2 is 2.29 bits per heavy atom. The maximum atomic E-state index is 9.99. The first-order valence-corrected chi connectivity index (χ1v) is 6.42. The number of hydrogen-bond acceptors (Lipinski definition) is 3. The van der Waals surface area contributed by atoms with Gasteiger partial charge in [0.25, 0.3) is 0 Å². The van der Waals surface area contributed by atoms with E-state index in [4.69, 9.17) is 0 Å². The summed E-state index contributed by atoms with van der Waals surface area (Å²) in [5.41, 5.74) is 1.71. The molecule has 0 spiro atoms. The summed E-state index contributed by atoms with van der Waals surface area (Å²) in [5.74, 6) is 0.825. The van der Waals surface area contributed by atoms with Gasteiger partial charge in [-0.25, -0.2) is 4.98 Å². The predicted octanol–water partition coefficient (Wildman–Crippen LogP) is 2.53. The second-order valence-electron chi connectivity index (χ2n) is 4.14. The van der Waals surface area contributed by atoms with E-state index in [-0.39, 0.29) is 0 Å². The van der Waals surface area contributed by atoms with Crippen molar-refractivity contribution in [1.82, 2.24) is 14.5 Å². The van der Waals surface area contributed by atoms with Crippen molar-refractivity contribution in [3.05, 3.63) is 34.7 Å². The minimum Gasteiger partial charge on any atom is -0.387 e. The number of aliphatic hydroxyl groups excluding tert-OH is 1. The number of pyridine rings is 1. The maximum Gasteiger partial charge on any atom is 0.160 e. The van der Waals surface area contributed by atoms with Crippen molar-refractivity contribution in [3.8, 4) is 11.5 Å². The average molecular weight is 294 g/mol. The number of hydrogen-bond donors (Lipinski definition) is 1. The van der Waals surface area contributed by atoms with Gasteiger partial charge in [0.15, 0.2) is 5.82 Å². The van der Waals surface area contributed by atoms with Crippen molar-refractivity contribution in [1.29, 1.82) is 0 Å². The second kappa shape index (κ2) is 4.23. The van der Waals surface area contributed by atoms with Crippen LogP contribution in [-0.4, -0.2) is 19.6 Å². The molecule has 2 aromatic heterocycles. The van der Waals surface area contributed by atoms with Crippen LogP contribution in [0.1, 0.15) is 24.6 Å². The molecular formula is C12H12BrN3O. The van der Waals surface area contributed by atoms with E-state index in [2.05, 4.69) is 30.5 Å². The van der Waals surface area contributed by atoms with Gasteiger partial charge in [-0.15, -0.1) is 0 Å². The van der Waals surface area contributed by atoms with Crippen LogP contribution in [0.4, 0.5) is 0 Å². The van der Waals surface area contributed by atoms with Gasteiger partial charge < -0.3 is 9.67 Å². The summed E-state index contributed by atoms with van der Waals surface area (Å²) < 4.78 is 2.78. The first-order valence-electron chi connectivity index (χ1n) is 5.63. The van der Waals surface area contributed by atoms with Crippen LogP contribution in [0.3, 0.4) is 0 Å². The van der Waals surface area contributed by atoms with E-state index in [1.54, 1.807) is 6.20 Å². The first kappa shape index (κ1) is 10.9. The first-order chi connectivity index (χ1) is 8.27. The number of halogens is 1. The Morgan fingerprint density at radius 1 is 1.41 bits per heavy atom. The van der Waals surface area contributed by atoms with Crippen LogP contribution in [0.5, 0.6) is 0 Å². The van der Waals surface area contributed by atoms with Gasteiger partial charge >= 0.3 is 0 Å². The van der Waals surface area contributed by atoms with E-state index < -0.39 is 6.10 Å². The van der Waals surface area contributed by atoms with Crippen LogP contribution in [0.2, 0.25) is 0 Å². The molecule has 5 heteroatoms. The predicted molar refractivity (Wildman–Crippen MR) is 67.4 cm³/mol. The summed E-state index contributed by atoms with van der Waals surface area (Å²) in [6.07, 6.45) is 3.09. The number of fused-ring (bicyclic) bond motifs is 1. The van der Waals surface area contributed by atoms with Crippen molar-refractivity contribution in [2.24, 2.45) is 0 Å². The molecular weight excluding hydrogens is 282 g/mol. The lowest BCUT2D eigenvalue weighted by Crippen LogP contribution is -2.16. The lowest BCUT2D eigenvalue weighted by molar-refractivity contribution is 0.138. The molecule has 1 atom stereocenters. The summed E-state index contributed by atoms with van der Waals surface area (Å²) in [5, 5.41) is 9.99. The van der Waals surface area contributed by atoms with E-state index in [1.165, 1.54) is 0 Å². The molecule has 0 fully saturated rings. The summed E-state index contributed by atoms with van der Waals surface area (Å²) in [7, 11) is 0. The minimum absolute atomic E-state index is 0.428. The molecule has 2 aromatic rings. The highest BCUT2D eigenvalue weighted by Gasteiger charge is 2.26. The Labute approximate surface area is 107 Å². The Hall–Kier alpha value is -1.20. The number of rotatable bonds is 1. The fourth-order valence-electron chi connectivity index (χ4n) is 2.25. The molecule has 17 heavy (non-hydrogen) atoms. The molecule has 1 unspecified atom stereocenters. The summed E-state index contributed by atoms with van der Waals surface area (Å²) in [4.78, 5) is 8.78. The zero-order chi connectivity index (χ0) is 11.8. The standard InChI is InChI=1S/C12H12BrN3O/c13-11-10-9(17)5-3-7-16(10)12(15-11)8-4-1-2-6-14-8/h1-2,4,6,9,17H,3,5,7H2. The van der Waals surface area contributed by atoms with Crippen molar-refractivity contribution in [3.63, 3.8) is 0 Å². The van der Waals surface area contributed by atoms with Gasteiger partial charge in [0, 0.05) is 12.7 Å². The van der Waals surface area contributed by atoms with E-state index in [0.717, 1.165) is 41.2 Å². The van der Waals surface area contributed by atoms with E-state index in [1.807, 2.05) is 18.2 Å². The molecule has 3 rings (SSSR count). The highest BCUT2D eigenvalue weighted by molar-refractivity contribution is 9.10. The molecule has 0 aromatic carbocycles. The zero-order valence-corrected chi connectivity index (χ0v) is 10.8. The molecule has 0 saturated carbocycles. The maximum absolute atomic E-state index is 9.99. The zero-order valence-electron chi connectivity index (χ0n) is 9.17. The van der Waals surface area contributed by atoms with Crippen LogP contribution in [0, 0.1) is 0 Å². The molecule has 0 bridgehead atoms. The molecule has 0 aliphatic carbocycles.